The Morgan fingerprint density at radius 3 is 1.43 bits per heavy atom. The zero-order chi connectivity index (χ0) is 32.4. The van der Waals surface area contributed by atoms with E-state index in [9.17, 15) is 5.11 Å². The number of hydrogen-bond acceptors (Lipinski definition) is 3. The monoisotopic (exact) mass is 582 g/mol. The van der Waals surface area contributed by atoms with Crippen LogP contribution in [0.4, 0.5) is 0 Å². The van der Waals surface area contributed by atoms with Gasteiger partial charge in [0.1, 0.15) is 5.75 Å². The summed E-state index contributed by atoms with van der Waals surface area (Å²) in [6.45, 7) is 35.5. The Balaban J connectivity index is 2.19. The molecule has 42 heavy (non-hydrogen) atoms. The lowest BCUT2D eigenvalue weighted by atomic mass is 9.59. The van der Waals surface area contributed by atoms with Crippen LogP contribution in [0, 0.1) is 23.7 Å². The van der Waals surface area contributed by atoms with E-state index in [0.717, 1.165) is 17.5 Å². The van der Waals surface area contributed by atoms with Gasteiger partial charge in [-0.3, -0.25) is 9.80 Å². The van der Waals surface area contributed by atoms with Crippen LogP contribution in [0.2, 0.25) is 0 Å². The molecule has 1 radical (unpaired) electrons. The fourth-order valence-electron chi connectivity index (χ4n) is 9.02. The van der Waals surface area contributed by atoms with Crippen molar-refractivity contribution in [1.82, 2.24) is 9.80 Å². The van der Waals surface area contributed by atoms with E-state index in [1.54, 1.807) is 5.92 Å². The molecule has 1 aromatic carbocycles. The average molecular weight is 582 g/mol. The quantitative estimate of drug-likeness (QED) is 0.362. The van der Waals surface area contributed by atoms with Crippen LogP contribution in [-0.2, 0) is 17.3 Å². The molecule has 2 aliphatic rings. The molecule has 0 aliphatic carbocycles. The fraction of sp³-hybridized carbons (Fsp3) is 0.821. The third-order valence-electron chi connectivity index (χ3n) is 11.9. The molecule has 0 amide bonds. The molecule has 1 atom stereocenters. The molecule has 241 valence electrons. The van der Waals surface area contributed by atoms with Gasteiger partial charge in [0.05, 0.1) is 0 Å². The summed E-state index contributed by atoms with van der Waals surface area (Å²) in [4.78, 5) is 5.27. The van der Waals surface area contributed by atoms with Gasteiger partial charge >= 0.3 is 0 Å². The minimum Gasteiger partial charge on any atom is -0.507 e. The highest BCUT2D eigenvalue weighted by Crippen LogP contribution is 2.53. The van der Waals surface area contributed by atoms with E-state index in [1.807, 2.05) is 0 Å². The van der Waals surface area contributed by atoms with Crippen LogP contribution in [0.1, 0.15) is 153 Å². The smallest absolute Gasteiger partial charge is 0.123 e. The number of phenolic OH excluding ortho intramolecular Hbond substituents is 1. The van der Waals surface area contributed by atoms with Gasteiger partial charge in [-0.15, -0.1) is 0 Å². The average Bonchev–Trinajstić information content (AvgIpc) is 2.79. The summed E-state index contributed by atoms with van der Waals surface area (Å²) >= 11 is 0. The van der Waals surface area contributed by atoms with Crippen LogP contribution in [0.5, 0.6) is 5.75 Å². The number of piperidine rings is 2. The Hall–Kier alpha value is -1.06. The van der Waals surface area contributed by atoms with Gasteiger partial charge in [0.2, 0.25) is 0 Å². The van der Waals surface area contributed by atoms with Crippen molar-refractivity contribution >= 4 is 0 Å². The van der Waals surface area contributed by atoms with E-state index < -0.39 is 0 Å². The van der Waals surface area contributed by atoms with Gasteiger partial charge in [-0.2, -0.15) is 0 Å². The number of phenols is 1. The van der Waals surface area contributed by atoms with Gasteiger partial charge in [-0.05, 0) is 153 Å². The van der Waals surface area contributed by atoms with Gasteiger partial charge < -0.3 is 5.11 Å². The molecule has 3 heteroatoms. The van der Waals surface area contributed by atoms with Gasteiger partial charge in [-0.1, -0.05) is 67.0 Å². The first-order valence-electron chi connectivity index (χ1n) is 16.9. The normalized spacial score (nSPS) is 24.7. The van der Waals surface area contributed by atoms with Gasteiger partial charge in [0, 0.05) is 22.2 Å². The highest BCUT2D eigenvalue weighted by atomic mass is 16.3. The number of rotatable bonds is 6. The molecule has 3 rings (SSSR count). The molecule has 0 spiro atoms. The lowest BCUT2D eigenvalue weighted by molar-refractivity contribution is -0.0543. The van der Waals surface area contributed by atoms with E-state index in [1.165, 1.54) is 37.7 Å². The van der Waals surface area contributed by atoms with Crippen molar-refractivity contribution in [3.8, 4) is 5.75 Å². The highest BCUT2D eigenvalue weighted by molar-refractivity contribution is 5.50. The third-order valence-corrected chi connectivity index (χ3v) is 11.9. The van der Waals surface area contributed by atoms with Crippen molar-refractivity contribution in [2.75, 3.05) is 14.1 Å². The van der Waals surface area contributed by atoms with E-state index in [0.29, 0.717) is 23.5 Å². The van der Waals surface area contributed by atoms with E-state index >= 15 is 0 Å². The molecule has 2 heterocycles. The highest BCUT2D eigenvalue weighted by Gasteiger charge is 2.50. The summed E-state index contributed by atoms with van der Waals surface area (Å²) in [5.74, 6) is 4.10. The summed E-state index contributed by atoms with van der Waals surface area (Å²) in [7, 11) is 4.67. The zero-order valence-electron chi connectivity index (χ0n) is 31.0. The Morgan fingerprint density at radius 2 is 1.10 bits per heavy atom. The molecule has 2 saturated heterocycles. The van der Waals surface area contributed by atoms with Gasteiger partial charge in [0.15, 0.2) is 0 Å². The minimum absolute atomic E-state index is 0.121. The number of likely N-dealkylation sites (tertiary alicyclic amines) is 2. The molecule has 1 N–H and O–H groups in total. The van der Waals surface area contributed by atoms with Crippen molar-refractivity contribution in [2.24, 2.45) is 17.8 Å². The van der Waals surface area contributed by atoms with Crippen molar-refractivity contribution in [2.45, 2.75) is 175 Å². The molecule has 3 nitrogen and oxygen atoms in total. The Morgan fingerprint density at radius 1 is 0.738 bits per heavy atom. The van der Waals surface area contributed by atoms with Crippen LogP contribution in [0.3, 0.4) is 0 Å². The van der Waals surface area contributed by atoms with Crippen molar-refractivity contribution < 1.29 is 5.11 Å². The predicted molar refractivity (Wildman–Crippen MR) is 184 cm³/mol. The fourth-order valence-corrected chi connectivity index (χ4v) is 9.02. The van der Waals surface area contributed by atoms with Crippen molar-refractivity contribution in [1.29, 1.82) is 0 Å². The molecule has 2 aliphatic heterocycles. The maximum absolute atomic E-state index is 11.5. The van der Waals surface area contributed by atoms with E-state index in [2.05, 4.69) is 140 Å². The second kappa shape index (κ2) is 11.4. The molecular formula is C39H69N2O. The first kappa shape index (κ1) is 35.4. The predicted octanol–water partition coefficient (Wildman–Crippen LogP) is 9.93. The molecule has 0 bridgehead atoms. The second-order valence-corrected chi connectivity index (χ2v) is 18.9. The maximum Gasteiger partial charge on any atom is 0.123 e. The standard InChI is InChI=1S/C39H69N2O/c1-18-29(27-22-36(8,9)40(16)37(10,11)23-27)30(28-24-38(12,13)41(17)39(14,15)25-28)19-26-20-31(34(2,3)4)33(42)32(21-26)35(5,6)7/h20-21,27-29,42H,18-19,22-25H2,1-17H3. The summed E-state index contributed by atoms with van der Waals surface area (Å²) in [5, 5.41) is 11.5. The van der Waals surface area contributed by atoms with Crippen LogP contribution in [-0.4, -0.2) is 51.2 Å². The third kappa shape index (κ3) is 7.09. The Labute approximate surface area is 262 Å². The molecular weight excluding hydrogens is 512 g/mol. The summed E-state index contributed by atoms with van der Waals surface area (Å²) in [6, 6.07) is 4.70. The van der Waals surface area contributed by atoms with Gasteiger partial charge in [-0.25, -0.2) is 0 Å². The minimum atomic E-state index is -0.121. The molecule has 2 fully saturated rings. The largest absolute Gasteiger partial charge is 0.507 e. The van der Waals surface area contributed by atoms with E-state index in [4.69, 9.17) is 0 Å². The molecule has 0 aromatic heterocycles. The van der Waals surface area contributed by atoms with Crippen molar-refractivity contribution in [3.63, 3.8) is 0 Å². The number of hydrogen-bond donors (Lipinski definition) is 1. The second-order valence-electron chi connectivity index (χ2n) is 18.9. The first-order chi connectivity index (χ1) is 18.7. The molecule has 1 aromatic rings. The van der Waals surface area contributed by atoms with Crippen molar-refractivity contribution in [3.05, 3.63) is 34.7 Å². The topological polar surface area (TPSA) is 26.7 Å². The lowest BCUT2D eigenvalue weighted by Gasteiger charge is -2.58. The van der Waals surface area contributed by atoms with Crippen LogP contribution in [0.25, 0.3) is 0 Å². The number of nitrogens with zero attached hydrogens (tertiary/aromatic N) is 2. The van der Waals surface area contributed by atoms with Gasteiger partial charge in [0.25, 0.3) is 0 Å². The molecule has 1 unspecified atom stereocenters. The summed E-state index contributed by atoms with van der Waals surface area (Å²) < 4.78 is 0. The maximum atomic E-state index is 11.5. The summed E-state index contributed by atoms with van der Waals surface area (Å²) in [5.41, 5.74) is 3.95. The van der Waals surface area contributed by atoms with E-state index in [-0.39, 0.29) is 33.0 Å². The SMILES string of the molecule is CCC([C](Cc1cc(C(C)(C)C)c(O)c(C(C)(C)C)c1)C1CC(C)(C)N(C)C(C)(C)C1)C1CC(C)(C)N(C)C(C)(C)C1. The van der Waals surface area contributed by atoms with Crippen LogP contribution >= 0.6 is 0 Å². The number of benzene rings is 1. The zero-order valence-corrected chi connectivity index (χ0v) is 31.0. The Bertz CT molecular complexity index is 1030. The first-order valence-corrected chi connectivity index (χ1v) is 16.9. The number of aromatic hydroxyl groups is 1. The lowest BCUT2D eigenvalue weighted by Crippen LogP contribution is -2.61. The summed E-state index contributed by atoms with van der Waals surface area (Å²) in [6.07, 6.45) is 7.09. The van der Waals surface area contributed by atoms with Crippen LogP contribution in [0.15, 0.2) is 12.1 Å². The molecule has 0 saturated carbocycles. The van der Waals surface area contributed by atoms with Crippen LogP contribution < -0.4 is 0 Å². The Kier molecular flexibility index (Phi) is 9.60.